The van der Waals surface area contributed by atoms with Crippen molar-refractivity contribution >= 4 is 5.97 Å². The first-order chi connectivity index (χ1) is 8.02. The van der Waals surface area contributed by atoms with Gasteiger partial charge in [-0.2, -0.15) is 0 Å². The van der Waals surface area contributed by atoms with E-state index in [0.29, 0.717) is 6.20 Å². The fourth-order valence-corrected chi connectivity index (χ4v) is 1.36. The van der Waals surface area contributed by atoms with Crippen molar-refractivity contribution in [2.45, 2.75) is 19.9 Å². The Kier molecular flexibility index (Phi) is 4.45. The molecule has 0 aliphatic heterocycles. The van der Waals surface area contributed by atoms with Crippen LogP contribution in [0.3, 0.4) is 0 Å². The van der Waals surface area contributed by atoms with Gasteiger partial charge in [0.25, 0.3) is 6.43 Å². The van der Waals surface area contributed by atoms with Gasteiger partial charge in [-0.25, -0.2) is 18.0 Å². The summed E-state index contributed by atoms with van der Waals surface area (Å²) in [7, 11) is 0. The molecule has 4 nitrogen and oxygen atoms in total. The molecule has 0 aromatic carbocycles. The predicted octanol–water partition coefficient (Wildman–Crippen LogP) is 1.79. The fraction of sp³-hybridized carbons (Fsp3) is 0.400. The zero-order valence-corrected chi connectivity index (χ0v) is 9.04. The number of nitrogens with two attached hydrogens (primary N) is 1. The van der Waals surface area contributed by atoms with Crippen molar-refractivity contribution in [3.05, 3.63) is 28.8 Å². The number of ether oxygens (including phenoxy) is 1. The topological polar surface area (TPSA) is 65.2 Å². The number of esters is 1. The van der Waals surface area contributed by atoms with E-state index in [4.69, 9.17) is 5.73 Å². The molecule has 0 fully saturated rings. The van der Waals surface area contributed by atoms with Gasteiger partial charge < -0.3 is 10.5 Å². The highest BCUT2D eigenvalue weighted by molar-refractivity contribution is 5.91. The third-order valence-electron chi connectivity index (χ3n) is 2.06. The maximum atomic E-state index is 13.4. The second-order valence-corrected chi connectivity index (χ2v) is 3.07. The minimum Gasteiger partial charge on any atom is -0.462 e. The van der Waals surface area contributed by atoms with Crippen LogP contribution >= 0.6 is 0 Å². The Labute approximate surface area is 95.6 Å². The smallest absolute Gasteiger partial charge is 0.341 e. The molecule has 2 N–H and O–H groups in total. The largest absolute Gasteiger partial charge is 0.462 e. The van der Waals surface area contributed by atoms with Gasteiger partial charge in [0, 0.05) is 12.1 Å². The van der Waals surface area contributed by atoms with Crippen molar-refractivity contribution in [3.8, 4) is 0 Å². The first-order valence-corrected chi connectivity index (χ1v) is 4.85. The number of halogens is 3. The Morgan fingerprint density at radius 1 is 1.59 bits per heavy atom. The molecule has 17 heavy (non-hydrogen) atoms. The number of rotatable bonds is 4. The quantitative estimate of drug-likeness (QED) is 0.825. The van der Waals surface area contributed by atoms with Crippen molar-refractivity contribution < 1.29 is 22.7 Å². The highest BCUT2D eigenvalue weighted by Gasteiger charge is 2.25. The van der Waals surface area contributed by atoms with E-state index in [2.05, 4.69) is 9.72 Å². The molecule has 0 radical (unpaired) electrons. The Bertz CT molecular complexity index is 424. The molecule has 94 valence electrons. The summed E-state index contributed by atoms with van der Waals surface area (Å²) in [4.78, 5) is 14.7. The number of hydrogen-bond donors (Lipinski definition) is 1. The van der Waals surface area contributed by atoms with Crippen molar-refractivity contribution in [1.29, 1.82) is 0 Å². The molecule has 0 aliphatic rings. The average Bonchev–Trinajstić information content (AvgIpc) is 2.28. The van der Waals surface area contributed by atoms with Gasteiger partial charge in [-0.05, 0) is 6.92 Å². The molecule has 1 heterocycles. The van der Waals surface area contributed by atoms with Crippen LogP contribution < -0.4 is 5.73 Å². The number of aromatic nitrogens is 1. The van der Waals surface area contributed by atoms with Crippen molar-refractivity contribution in [2.75, 3.05) is 6.61 Å². The molecular formula is C10H11F3N2O2. The van der Waals surface area contributed by atoms with E-state index in [1.165, 1.54) is 6.92 Å². The Morgan fingerprint density at radius 2 is 2.24 bits per heavy atom. The van der Waals surface area contributed by atoms with E-state index in [9.17, 15) is 18.0 Å². The average molecular weight is 248 g/mol. The van der Waals surface area contributed by atoms with Gasteiger partial charge in [0.2, 0.25) is 0 Å². The highest BCUT2D eigenvalue weighted by atomic mass is 19.3. The van der Waals surface area contributed by atoms with Crippen LogP contribution in [0, 0.1) is 5.82 Å². The molecule has 1 aromatic rings. The second kappa shape index (κ2) is 5.62. The lowest BCUT2D eigenvalue weighted by molar-refractivity contribution is 0.0518. The third-order valence-corrected chi connectivity index (χ3v) is 2.06. The molecule has 1 rings (SSSR count). The van der Waals surface area contributed by atoms with Crippen LogP contribution in [0.5, 0.6) is 0 Å². The van der Waals surface area contributed by atoms with Crippen LogP contribution in [0.1, 0.15) is 35.0 Å². The van der Waals surface area contributed by atoms with Crippen LogP contribution in [-0.4, -0.2) is 17.6 Å². The van der Waals surface area contributed by atoms with Crippen molar-refractivity contribution in [2.24, 2.45) is 5.73 Å². The van der Waals surface area contributed by atoms with Gasteiger partial charge in [0.05, 0.1) is 12.8 Å². The van der Waals surface area contributed by atoms with Gasteiger partial charge in [-0.15, -0.1) is 0 Å². The van der Waals surface area contributed by atoms with Crippen LogP contribution in [0.2, 0.25) is 0 Å². The lowest BCUT2D eigenvalue weighted by atomic mass is 10.1. The summed E-state index contributed by atoms with van der Waals surface area (Å²) in [6.07, 6.45) is -2.37. The van der Waals surface area contributed by atoms with Gasteiger partial charge in [0.1, 0.15) is 11.3 Å². The summed E-state index contributed by atoms with van der Waals surface area (Å²) in [5.41, 5.74) is 3.66. The molecule has 0 bridgehead atoms. The van der Waals surface area contributed by atoms with Crippen molar-refractivity contribution in [1.82, 2.24) is 4.98 Å². The lowest BCUT2D eigenvalue weighted by Gasteiger charge is -2.11. The number of alkyl halides is 2. The molecule has 0 atom stereocenters. The number of pyridine rings is 1. The van der Waals surface area contributed by atoms with E-state index in [0.717, 1.165) is 0 Å². The molecule has 0 amide bonds. The zero-order valence-electron chi connectivity index (χ0n) is 9.04. The van der Waals surface area contributed by atoms with Crippen LogP contribution in [0.25, 0.3) is 0 Å². The third kappa shape index (κ3) is 2.73. The number of nitrogens with zero attached hydrogens (tertiary/aromatic N) is 1. The van der Waals surface area contributed by atoms with Gasteiger partial charge in [-0.3, -0.25) is 4.98 Å². The normalized spacial score (nSPS) is 10.7. The summed E-state index contributed by atoms with van der Waals surface area (Å²) in [6.45, 7) is 1.11. The second-order valence-electron chi connectivity index (χ2n) is 3.07. The van der Waals surface area contributed by atoms with E-state index in [1.54, 1.807) is 0 Å². The van der Waals surface area contributed by atoms with E-state index in [-0.39, 0.29) is 12.2 Å². The number of carbonyl (C=O) groups excluding carboxylic acids is 1. The molecule has 0 aliphatic carbocycles. The Hall–Kier alpha value is -1.63. The standard InChI is InChI=1S/C10H11F3N2O2/c1-2-17-10(16)7-5(3-14)8(9(12)13)15-4-6(7)11/h4,9H,2-3,14H2,1H3. The minimum absolute atomic E-state index is 0.00855. The first-order valence-electron chi connectivity index (χ1n) is 4.85. The minimum atomic E-state index is -2.93. The summed E-state index contributed by atoms with van der Waals surface area (Å²) in [5, 5.41) is 0. The molecule has 1 aromatic heterocycles. The summed E-state index contributed by atoms with van der Waals surface area (Å²) in [5.74, 6) is -2.04. The molecule has 0 unspecified atom stereocenters. The Morgan fingerprint density at radius 3 is 2.71 bits per heavy atom. The highest BCUT2D eigenvalue weighted by Crippen LogP contribution is 2.25. The predicted molar refractivity (Wildman–Crippen MR) is 53.0 cm³/mol. The maximum Gasteiger partial charge on any atom is 0.341 e. The summed E-state index contributed by atoms with van der Waals surface area (Å²) >= 11 is 0. The SMILES string of the molecule is CCOC(=O)c1c(F)cnc(C(F)F)c1CN. The van der Waals surface area contributed by atoms with E-state index >= 15 is 0 Å². The summed E-state index contributed by atoms with van der Waals surface area (Å²) in [6, 6.07) is 0. The van der Waals surface area contributed by atoms with Crippen LogP contribution in [-0.2, 0) is 11.3 Å². The summed E-state index contributed by atoms with van der Waals surface area (Å²) < 4.78 is 43.1. The van der Waals surface area contributed by atoms with Gasteiger partial charge in [0.15, 0.2) is 5.82 Å². The number of hydrogen-bond acceptors (Lipinski definition) is 4. The monoisotopic (exact) mass is 248 g/mol. The molecule has 0 spiro atoms. The Balaban J connectivity index is 3.35. The maximum absolute atomic E-state index is 13.4. The molecular weight excluding hydrogens is 237 g/mol. The zero-order chi connectivity index (χ0) is 13.0. The lowest BCUT2D eigenvalue weighted by Crippen LogP contribution is -2.17. The fourth-order valence-electron chi connectivity index (χ4n) is 1.36. The van der Waals surface area contributed by atoms with Gasteiger partial charge >= 0.3 is 5.97 Å². The van der Waals surface area contributed by atoms with Crippen molar-refractivity contribution in [3.63, 3.8) is 0 Å². The number of carbonyl (C=O) groups is 1. The van der Waals surface area contributed by atoms with E-state index in [1.807, 2.05) is 0 Å². The molecule has 0 saturated carbocycles. The van der Waals surface area contributed by atoms with Crippen LogP contribution in [0.4, 0.5) is 13.2 Å². The van der Waals surface area contributed by atoms with Crippen LogP contribution in [0.15, 0.2) is 6.20 Å². The molecule has 7 heteroatoms. The molecule has 0 saturated heterocycles. The first kappa shape index (κ1) is 13.4. The van der Waals surface area contributed by atoms with Gasteiger partial charge in [-0.1, -0.05) is 0 Å². The van der Waals surface area contributed by atoms with E-state index < -0.39 is 36.0 Å².